The van der Waals surface area contributed by atoms with Crippen LogP contribution in [0.15, 0.2) is 30.5 Å². The molecule has 3 heterocycles. The average molecular weight is 340 g/mol. The van der Waals surface area contributed by atoms with E-state index in [1.807, 2.05) is 11.1 Å². The Balaban J connectivity index is 1.44. The number of rotatable bonds is 3. The first-order chi connectivity index (χ1) is 12.2. The molecule has 0 unspecified atom stereocenters. The fourth-order valence-electron chi connectivity index (χ4n) is 3.55. The van der Waals surface area contributed by atoms with Gasteiger partial charge in [0.15, 0.2) is 0 Å². The predicted molar refractivity (Wildman–Crippen MR) is 91.5 cm³/mol. The second-order valence-corrected chi connectivity index (χ2v) is 6.76. The van der Waals surface area contributed by atoms with Crippen LogP contribution in [0.4, 0.5) is 4.39 Å². The Bertz CT molecular complexity index is 789. The number of aromatic nitrogens is 2. The maximum absolute atomic E-state index is 13.3. The molecule has 0 spiro atoms. The van der Waals surface area contributed by atoms with Crippen molar-refractivity contribution in [2.75, 3.05) is 19.6 Å². The van der Waals surface area contributed by atoms with Gasteiger partial charge in [0, 0.05) is 43.7 Å². The minimum absolute atomic E-state index is 0.0142. The van der Waals surface area contributed by atoms with E-state index in [1.165, 1.54) is 12.1 Å². The monoisotopic (exact) mass is 340 g/mol. The Hall–Kier alpha value is -2.34. The normalized spacial score (nSPS) is 19.7. The highest BCUT2D eigenvalue weighted by Crippen LogP contribution is 2.23. The van der Waals surface area contributed by atoms with Gasteiger partial charge in [-0.3, -0.25) is 4.79 Å². The third-order valence-corrected chi connectivity index (χ3v) is 4.98. The highest BCUT2D eigenvalue weighted by molar-refractivity contribution is 5.79. The van der Waals surface area contributed by atoms with Crippen molar-refractivity contribution >= 4 is 5.91 Å². The molecule has 130 valence electrons. The highest BCUT2D eigenvalue weighted by atomic mass is 19.1. The molecule has 2 aliphatic heterocycles. The van der Waals surface area contributed by atoms with E-state index in [9.17, 15) is 9.18 Å². The van der Waals surface area contributed by atoms with Crippen LogP contribution >= 0.6 is 0 Å². The first kappa shape index (κ1) is 16.1. The molecule has 0 bridgehead atoms. The molecular weight excluding hydrogens is 319 g/mol. The fraction of sp³-hybridized carbons (Fsp3) is 0.421. The first-order valence-electron chi connectivity index (χ1n) is 8.76. The summed E-state index contributed by atoms with van der Waals surface area (Å²) in [6.45, 7) is 3.15. The van der Waals surface area contributed by atoms with Crippen molar-refractivity contribution in [3.8, 4) is 0 Å². The minimum atomic E-state index is -0.309. The molecule has 25 heavy (non-hydrogen) atoms. The molecule has 5 nitrogen and oxygen atoms in total. The van der Waals surface area contributed by atoms with Crippen molar-refractivity contribution in [1.29, 1.82) is 0 Å². The predicted octanol–water partition coefficient (Wildman–Crippen LogP) is 1.82. The largest absolute Gasteiger partial charge is 0.338 e. The van der Waals surface area contributed by atoms with Gasteiger partial charge in [-0.05, 0) is 30.7 Å². The van der Waals surface area contributed by atoms with Crippen molar-refractivity contribution in [2.45, 2.75) is 31.7 Å². The smallest absolute Gasteiger partial charge is 0.227 e. The summed E-state index contributed by atoms with van der Waals surface area (Å²) in [7, 11) is 0. The molecule has 6 heteroatoms. The Kier molecular flexibility index (Phi) is 4.44. The second kappa shape index (κ2) is 6.88. The van der Waals surface area contributed by atoms with E-state index in [1.54, 1.807) is 12.1 Å². The quantitative estimate of drug-likeness (QED) is 0.926. The van der Waals surface area contributed by atoms with E-state index in [4.69, 9.17) is 4.98 Å². The van der Waals surface area contributed by atoms with Crippen molar-refractivity contribution in [1.82, 2.24) is 20.2 Å². The van der Waals surface area contributed by atoms with Crippen LogP contribution in [0.25, 0.3) is 0 Å². The molecule has 2 aromatic rings. The second-order valence-electron chi connectivity index (χ2n) is 6.76. The molecule has 2 aliphatic rings. The first-order valence-corrected chi connectivity index (χ1v) is 8.76. The van der Waals surface area contributed by atoms with Gasteiger partial charge in [-0.1, -0.05) is 12.1 Å². The lowest BCUT2D eigenvalue weighted by atomic mass is 10.0. The third-order valence-electron chi connectivity index (χ3n) is 4.98. The number of halogens is 1. The molecular formula is C19H21FN4O. The zero-order valence-corrected chi connectivity index (χ0v) is 14.0. The Morgan fingerprint density at radius 3 is 3.12 bits per heavy atom. The number of amides is 1. The molecule has 1 aromatic heterocycles. The van der Waals surface area contributed by atoms with Crippen LogP contribution in [-0.2, 0) is 24.2 Å². The zero-order valence-electron chi connectivity index (χ0n) is 14.0. The summed E-state index contributed by atoms with van der Waals surface area (Å²) in [5.41, 5.74) is 2.79. The number of hydrogen-bond acceptors (Lipinski definition) is 4. The number of carbonyl (C=O) groups is 1. The summed E-state index contributed by atoms with van der Waals surface area (Å²) in [6, 6.07) is 6.22. The Labute approximate surface area is 146 Å². The molecule has 0 aliphatic carbocycles. The van der Waals surface area contributed by atoms with Gasteiger partial charge >= 0.3 is 0 Å². The van der Waals surface area contributed by atoms with Crippen molar-refractivity contribution in [2.24, 2.45) is 0 Å². The van der Waals surface area contributed by atoms with Gasteiger partial charge in [0.05, 0.1) is 12.1 Å². The lowest BCUT2D eigenvalue weighted by molar-refractivity contribution is -0.131. The van der Waals surface area contributed by atoms with E-state index in [0.717, 1.165) is 43.0 Å². The molecule has 1 fully saturated rings. The van der Waals surface area contributed by atoms with Crippen LogP contribution in [0.3, 0.4) is 0 Å². The van der Waals surface area contributed by atoms with E-state index in [0.29, 0.717) is 24.6 Å². The summed E-state index contributed by atoms with van der Waals surface area (Å²) in [5, 5.41) is 3.34. The van der Waals surface area contributed by atoms with E-state index < -0.39 is 0 Å². The van der Waals surface area contributed by atoms with Crippen molar-refractivity contribution in [3.05, 3.63) is 58.9 Å². The van der Waals surface area contributed by atoms with Gasteiger partial charge < -0.3 is 10.2 Å². The molecule has 1 atom stereocenters. The molecule has 1 aromatic carbocycles. The number of hydrogen-bond donors (Lipinski definition) is 1. The highest BCUT2D eigenvalue weighted by Gasteiger charge is 2.25. The van der Waals surface area contributed by atoms with Gasteiger partial charge in [0.1, 0.15) is 11.6 Å². The molecule has 1 amide bonds. The maximum atomic E-state index is 13.3. The zero-order chi connectivity index (χ0) is 17.2. The summed E-state index contributed by atoms with van der Waals surface area (Å²) in [4.78, 5) is 23.6. The van der Waals surface area contributed by atoms with Crippen LogP contribution in [0.2, 0.25) is 0 Å². The number of fused-ring (bicyclic) bond motifs is 1. The van der Waals surface area contributed by atoms with Gasteiger partial charge in [-0.25, -0.2) is 14.4 Å². The lowest BCUT2D eigenvalue weighted by Crippen LogP contribution is -2.37. The van der Waals surface area contributed by atoms with Crippen LogP contribution in [0.5, 0.6) is 0 Å². The van der Waals surface area contributed by atoms with Gasteiger partial charge in [0.2, 0.25) is 5.91 Å². The van der Waals surface area contributed by atoms with Crippen LogP contribution in [-0.4, -0.2) is 40.4 Å². The number of nitrogens with one attached hydrogen (secondary N) is 1. The number of benzene rings is 1. The van der Waals surface area contributed by atoms with Gasteiger partial charge in [0.25, 0.3) is 0 Å². The van der Waals surface area contributed by atoms with E-state index in [2.05, 4.69) is 10.3 Å². The molecule has 1 N–H and O–H groups in total. The van der Waals surface area contributed by atoms with Crippen LogP contribution < -0.4 is 5.32 Å². The fourth-order valence-corrected chi connectivity index (χ4v) is 3.55. The van der Waals surface area contributed by atoms with E-state index in [-0.39, 0.29) is 18.1 Å². The summed E-state index contributed by atoms with van der Waals surface area (Å²) < 4.78 is 13.3. The summed E-state index contributed by atoms with van der Waals surface area (Å²) >= 11 is 0. The average Bonchev–Trinajstić information content (AvgIpc) is 3.15. The van der Waals surface area contributed by atoms with Crippen molar-refractivity contribution < 1.29 is 9.18 Å². The van der Waals surface area contributed by atoms with Gasteiger partial charge in [-0.15, -0.1) is 0 Å². The van der Waals surface area contributed by atoms with Crippen molar-refractivity contribution in [3.63, 3.8) is 0 Å². The van der Waals surface area contributed by atoms with E-state index >= 15 is 0 Å². The SMILES string of the molecule is O=C(Cc1cccc(F)c1)N1CCc2nc([C@@H]3CCNC3)ncc2C1. The number of carbonyl (C=O) groups excluding carboxylic acids is 1. The molecule has 1 saturated heterocycles. The summed E-state index contributed by atoms with van der Waals surface area (Å²) in [6.07, 6.45) is 3.92. The Morgan fingerprint density at radius 2 is 2.32 bits per heavy atom. The third kappa shape index (κ3) is 3.54. The molecule has 0 saturated carbocycles. The van der Waals surface area contributed by atoms with Crippen LogP contribution in [0, 0.1) is 5.82 Å². The minimum Gasteiger partial charge on any atom is -0.338 e. The van der Waals surface area contributed by atoms with Gasteiger partial charge in [-0.2, -0.15) is 0 Å². The van der Waals surface area contributed by atoms with Crippen LogP contribution in [0.1, 0.15) is 35.0 Å². The molecule has 0 radical (unpaired) electrons. The topological polar surface area (TPSA) is 58.1 Å². The Morgan fingerprint density at radius 1 is 1.40 bits per heavy atom. The maximum Gasteiger partial charge on any atom is 0.227 e. The summed E-state index contributed by atoms with van der Waals surface area (Å²) in [5.74, 6) is 1.03. The lowest BCUT2D eigenvalue weighted by Gasteiger charge is -2.28. The molecule has 4 rings (SSSR count). The number of nitrogens with zero attached hydrogens (tertiary/aromatic N) is 3. The standard InChI is InChI=1S/C19H21FN4O/c20-16-3-1-2-13(8-16)9-18(25)24-7-5-17-15(12-24)11-22-19(23-17)14-4-6-21-10-14/h1-3,8,11,14,21H,4-7,9-10,12H2/t14-/m1/s1.